The van der Waals surface area contributed by atoms with Gasteiger partial charge in [-0.1, -0.05) is 20.8 Å². The molecule has 0 amide bonds. The smallest absolute Gasteiger partial charge is 0.214 e. The van der Waals surface area contributed by atoms with Crippen molar-refractivity contribution in [3.8, 4) is 0 Å². The van der Waals surface area contributed by atoms with E-state index >= 15 is 0 Å². The van der Waals surface area contributed by atoms with Gasteiger partial charge in [-0.3, -0.25) is 4.79 Å². The molecule has 1 saturated heterocycles. The number of hydrogen-bond donors (Lipinski definition) is 0. The Kier molecular flexibility index (Phi) is 3.55. The molecular weight excluding hydrogens is 214 g/mol. The van der Waals surface area contributed by atoms with Crippen molar-refractivity contribution < 1.29 is 13.2 Å². The van der Waals surface area contributed by atoms with Gasteiger partial charge in [-0.15, -0.1) is 0 Å². The van der Waals surface area contributed by atoms with Crippen molar-refractivity contribution >= 4 is 15.8 Å². The zero-order valence-corrected chi connectivity index (χ0v) is 10.4. The van der Waals surface area contributed by atoms with Crippen LogP contribution >= 0.6 is 0 Å². The fourth-order valence-electron chi connectivity index (χ4n) is 1.62. The van der Waals surface area contributed by atoms with Crippen LogP contribution in [0.5, 0.6) is 0 Å². The largest absolute Gasteiger partial charge is 0.298 e. The number of hydrogen-bond acceptors (Lipinski definition) is 3. The van der Waals surface area contributed by atoms with E-state index in [1.165, 1.54) is 4.31 Å². The second-order valence-corrected chi connectivity index (χ2v) is 6.80. The highest BCUT2D eigenvalue weighted by Crippen LogP contribution is 2.28. The van der Waals surface area contributed by atoms with E-state index in [0.29, 0.717) is 19.4 Å². The second-order valence-electron chi connectivity index (χ2n) is 4.71. The van der Waals surface area contributed by atoms with Crippen LogP contribution in [0.25, 0.3) is 0 Å². The molecule has 0 aromatic rings. The van der Waals surface area contributed by atoms with Gasteiger partial charge in [0.1, 0.15) is 0 Å². The molecule has 0 bridgehead atoms. The van der Waals surface area contributed by atoms with Crippen LogP contribution < -0.4 is 0 Å². The molecule has 1 rings (SSSR count). The number of nitrogens with zero attached hydrogens (tertiary/aromatic N) is 1. The lowest BCUT2D eigenvalue weighted by atomic mass is 9.82. The average molecular weight is 233 g/mol. The van der Waals surface area contributed by atoms with Gasteiger partial charge >= 0.3 is 0 Å². The molecule has 88 valence electrons. The first-order valence-electron chi connectivity index (χ1n) is 5.31. The standard InChI is InChI=1S/C10H19NO3S/c1-4-7-15(13,14)11-6-5-10(2,3)9(12)8-11/h4-8H2,1-3H3. The predicted octanol–water partition coefficient (Wildman–Crippen LogP) is 1.03. The Labute approximate surface area is 91.7 Å². The number of carbonyl (C=O) groups is 1. The van der Waals surface area contributed by atoms with Gasteiger partial charge in [0.2, 0.25) is 10.0 Å². The zero-order valence-electron chi connectivity index (χ0n) is 9.62. The number of sulfonamides is 1. The quantitative estimate of drug-likeness (QED) is 0.731. The summed E-state index contributed by atoms with van der Waals surface area (Å²) in [5.74, 6) is 0.161. The van der Waals surface area contributed by atoms with Gasteiger partial charge in [0, 0.05) is 12.0 Å². The molecule has 4 nitrogen and oxygen atoms in total. The van der Waals surface area contributed by atoms with Crippen molar-refractivity contribution in [2.24, 2.45) is 5.41 Å². The summed E-state index contributed by atoms with van der Waals surface area (Å²) < 4.78 is 24.8. The molecule has 0 aliphatic carbocycles. The number of piperidine rings is 1. The Hall–Kier alpha value is -0.420. The van der Waals surface area contributed by atoms with Crippen LogP contribution in [0, 0.1) is 5.41 Å². The maximum absolute atomic E-state index is 11.7. The fourth-order valence-corrected chi connectivity index (χ4v) is 3.08. The molecule has 0 atom stereocenters. The third-order valence-corrected chi connectivity index (χ3v) is 4.94. The minimum Gasteiger partial charge on any atom is -0.298 e. The van der Waals surface area contributed by atoms with Gasteiger partial charge in [0.15, 0.2) is 5.78 Å². The topological polar surface area (TPSA) is 54.5 Å². The average Bonchev–Trinajstić information content (AvgIpc) is 2.09. The van der Waals surface area contributed by atoms with E-state index in [0.717, 1.165) is 0 Å². The molecule has 1 heterocycles. The molecule has 0 aromatic carbocycles. The monoisotopic (exact) mass is 233 g/mol. The highest BCUT2D eigenvalue weighted by molar-refractivity contribution is 7.89. The van der Waals surface area contributed by atoms with Crippen molar-refractivity contribution in [1.82, 2.24) is 4.31 Å². The lowest BCUT2D eigenvalue weighted by molar-refractivity contribution is -0.130. The number of Topliss-reactive ketones (excluding diaryl/α,β-unsaturated/α-hetero) is 1. The Morgan fingerprint density at radius 1 is 1.40 bits per heavy atom. The Balaban J connectivity index is 2.75. The molecule has 0 unspecified atom stereocenters. The van der Waals surface area contributed by atoms with Crippen LogP contribution in [-0.2, 0) is 14.8 Å². The zero-order chi connectivity index (χ0) is 11.7. The van der Waals surface area contributed by atoms with Crippen LogP contribution in [0.15, 0.2) is 0 Å². The summed E-state index contributed by atoms with van der Waals surface area (Å²) in [7, 11) is -3.20. The molecule has 1 aliphatic heterocycles. The molecule has 5 heteroatoms. The summed E-state index contributed by atoms with van der Waals surface area (Å²) in [5, 5.41) is 0. The summed E-state index contributed by atoms with van der Waals surface area (Å²) >= 11 is 0. The molecule has 0 aromatic heterocycles. The van der Waals surface area contributed by atoms with Gasteiger partial charge in [0.25, 0.3) is 0 Å². The molecule has 1 fully saturated rings. The normalized spacial score (nSPS) is 23.0. The summed E-state index contributed by atoms with van der Waals surface area (Å²) in [5.41, 5.74) is -0.363. The van der Waals surface area contributed by atoms with E-state index in [1.807, 2.05) is 20.8 Å². The van der Waals surface area contributed by atoms with Crippen molar-refractivity contribution in [3.05, 3.63) is 0 Å². The van der Waals surface area contributed by atoms with E-state index in [9.17, 15) is 13.2 Å². The molecule has 0 radical (unpaired) electrons. The number of rotatable bonds is 3. The van der Waals surface area contributed by atoms with Crippen molar-refractivity contribution in [2.45, 2.75) is 33.6 Å². The van der Waals surface area contributed by atoms with Gasteiger partial charge in [-0.2, -0.15) is 4.31 Å². The molecule has 1 aliphatic rings. The summed E-state index contributed by atoms with van der Waals surface area (Å²) in [6.07, 6.45) is 1.21. The van der Waals surface area contributed by atoms with Crippen molar-refractivity contribution in [1.29, 1.82) is 0 Å². The SMILES string of the molecule is CCCS(=O)(=O)N1CCC(C)(C)C(=O)C1. The van der Waals surface area contributed by atoms with E-state index < -0.39 is 10.0 Å². The van der Waals surface area contributed by atoms with Crippen LogP contribution in [0.3, 0.4) is 0 Å². The fraction of sp³-hybridized carbons (Fsp3) is 0.900. The van der Waals surface area contributed by atoms with Crippen LogP contribution in [-0.4, -0.2) is 37.3 Å². The molecule has 0 saturated carbocycles. The minimum atomic E-state index is -3.20. The first-order chi connectivity index (χ1) is 6.79. The highest BCUT2D eigenvalue weighted by atomic mass is 32.2. The van der Waals surface area contributed by atoms with Gasteiger partial charge in [-0.05, 0) is 12.8 Å². The second kappa shape index (κ2) is 4.22. The third kappa shape index (κ3) is 2.78. The van der Waals surface area contributed by atoms with E-state index in [-0.39, 0.29) is 23.5 Å². The summed E-state index contributed by atoms with van der Waals surface area (Å²) in [6, 6.07) is 0. The van der Waals surface area contributed by atoms with Gasteiger partial charge < -0.3 is 0 Å². The van der Waals surface area contributed by atoms with Crippen molar-refractivity contribution in [3.63, 3.8) is 0 Å². The van der Waals surface area contributed by atoms with Gasteiger partial charge in [-0.25, -0.2) is 8.42 Å². The number of carbonyl (C=O) groups excluding carboxylic acids is 1. The lowest BCUT2D eigenvalue weighted by Crippen LogP contribution is -2.48. The Morgan fingerprint density at radius 2 is 2.00 bits per heavy atom. The lowest BCUT2D eigenvalue weighted by Gasteiger charge is -2.34. The Bertz CT molecular complexity index is 346. The maximum atomic E-state index is 11.7. The molecular formula is C10H19NO3S. The highest BCUT2D eigenvalue weighted by Gasteiger charge is 2.37. The summed E-state index contributed by atoms with van der Waals surface area (Å²) in [6.45, 7) is 6.10. The third-order valence-electron chi connectivity index (χ3n) is 2.92. The minimum absolute atomic E-state index is 0.0217. The molecule has 0 spiro atoms. The first kappa shape index (κ1) is 12.6. The molecule has 0 N–H and O–H groups in total. The Morgan fingerprint density at radius 3 is 2.47 bits per heavy atom. The first-order valence-corrected chi connectivity index (χ1v) is 6.91. The van der Waals surface area contributed by atoms with Crippen LogP contribution in [0.1, 0.15) is 33.6 Å². The maximum Gasteiger partial charge on any atom is 0.214 e. The van der Waals surface area contributed by atoms with Crippen LogP contribution in [0.4, 0.5) is 0 Å². The summed E-state index contributed by atoms with van der Waals surface area (Å²) in [4.78, 5) is 11.7. The van der Waals surface area contributed by atoms with Crippen LogP contribution in [0.2, 0.25) is 0 Å². The number of ketones is 1. The van der Waals surface area contributed by atoms with Crippen molar-refractivity contribution in [2.75, 3.05) is 18.8 Å². The van der Waals surface area contributed by atoms with E-state index in [4.69, 9.17) is 0 Å². The predicted molar refractivity (Wildman–Crippen MR) is 59.1 cm³/mol. The molecule has 15 heavy (non-hydrogen) atoms. The van der Waals surface area contributed by atoms with Gasteiger partial charge in [0.05, 0.1) is 12.3 Å². The van der Waals surface area contributed by atoms with E-state index in [1.54, 1.807) is 0 Å². The van der Waals surface area contributed by atoms with E-state index in [2.05, 4.69) is 0 Å².